The monoisotopic (exact) mass is 269 g/mol. The second kappa shape index (κ2) is 10.2. The van der Waals surface area contributed by atoms with Crippen molar-refractivity contribution in [1.29, 1.82) is 0 Å². The lowest BCUT2D eigenvalue weighted by Gasteiger charge is -2.09. The maximum Gasteiger partial charge on any atom is 0.407 e. The topological polar surface area (TPSA) is 47.6 Å². The Balaban J connectivity index is 0. The van der Waals surface area contributed by atoms with E-state index in [0.717, 1.165) is 11.3 Å². The van der Waals surface area contributed by atoms with E-state index in [0.29, 0.717) is 6.61 Å². The molecule has 0 aliphatic rings. The highest BCUT2D eigenvalue weighted by Gasteiger charge is 2.04. The van der Waals surface area contributed by atoms with Gasteiger partial charge in [-0.1, -0.05) is 26.0 Å². The van der Waals surface area contributed by atoms with Gasteiger partial charge in [0.1, 0.15) is 12.4 Å². The minimum absolute atomic E-state index is 0. The van der Waals surface area contributed by atoms with Crippen LogP contribution in [0.15, 0.2) is 24.3 Å². The van der Waals surface area contributed by atoms with Gasteiger partial charge in [-0.2, -0.15) is 0 Å². The largest absolute Gasteiger partial charge is 0.494 e. The molecule has 0 spiro atoms. The molecule has 0 unspecified atom stereocenters. The van der Waals surface area contributed by atoms with Crippen LogP contribution < -0.4 is 10.1 Å². The number of rotatable bonds is 5. The molecular formula is C15H27NO3. The highest BCUT2D eigenvalue weighted by Crippen LogP contribution is 2.12. The third kappa shape index (κ3) is 8.08. The first-order valence-electron chi connectivity index (χ1n) is 6.77. The Kier molecular flexibility index (Phi) is 9.31. The Labute approximate surface area is 117 Å². The summed E-state index contributed by atoms with van der Waals surface area (Å²) in [6.45, 7) is 10.6. The summed E-state index contributed by atoms with van der Waals surface area (Å²) in [5, 5.41) is 2.66. The lowest BCUT2D eigenvalue weighted by molar-refractivity contribution is 0.137. The first-order chi connectivity index (χ1) is 9.11. The first kappa shape index (κ1) is 17.3. The molecule has 19 heavy (non-hydrogen) atoms. The number of nitrogens with one attached hydrogen (secondary N) is 1. The normalized spacial score (nSPS) is 9.37. The maximum absolute atomic E-state index is 11.2. The fourth-order valence-electron chi connectivity index (χ4n) is 1.27. The van der Waals surface area contributed by atoms with Crippen molar-refractivity contribution >= 4 is 6.09 Å². The molecule has 0 saturated carbocycles. The number of carbonyl (C=O) groups excluding carboxylic acids is 1. The highest BCUT2D eigenvalue weighted by molar-refractivity contribution is 5.67. The fraction of sp³-hybridized carbons (Fsp3) is 0.533. The summed E-state index contributed by atoms with van der Waals surface area (Å²) in [5.74, 6) is 0.822. The number of amides is 1. The van der Waals surface area contributed by atoms with Crippen LogP contribution in [0.25, 0.3) is 0 Å². The van der Waals surface area contributed by atoms with Crippen LogP contribution in [0.1, 0.15) is 41.6 Å². The van der Waals surface area contributed by atoms with Gasteiger partial charge in [0.15, 0.2) is 0 Å². The quantitative estimate of drug-likeness (QED) is 0.879. The predicted octanol–water partition coefficient (Wildman–Crippen LogP) is 3.99. The number of hydrogen-bond donors (Lipinski definition) is 1. The number of alkyl carbamates (subject to hydrolysis) is 1. The molecule has 0 atom stereocenters. The molecule has 1 aromatic rings. The fourth-order valence-corrected chi connectivity index (χ4v) is 1.27. The van der Waals surface area contributed by atoms with Gasteiger partial charge in [0, 0.05) is 7.47 Å². The molecule has 0 heterocycles. The Morgan fingerprint density at radius 3 is 2.32 bits per heavy atom. The SMILES string of the molecule is CC.CCOc1ccc(COC(=O)NC(C)C)cc1.[HH]. The molecule has 4 heteroatoms. The van der Waals surface area contributed by atoms with Crippen molar-refractivity contribution in [3.05, 3.63) is 29.8 Å². The van der Waals surface area contributed by atoms with Gasteiger partial charge in [-0.15, -0.1) is 0 Å². The molecule has 1 aromatic carbocycles. The Morgan fingerprint density at radius 1 is 1.26 bits per heavy atom. The third-order valence-corrected chi connectivity index (χ3v) is 2.01. The lowest BCUT2D eigenvalue weighted by atomic mass is 10.2. The smallest absolute Gasteiger partial charge is 0.407 e. The Morgan fingerprint density at radius 2 is 1.84 bits per heavy atom. The van der Waals surface area contributed by atoms with E-state index in [1.54, 1.807) is 0 Å². The Hall–Kier alpha value is -1.71. The van der Waals surface area contributed by atoms with E-state index in [9.17, 15) is 4.79 Å². The minimum Gasteiger partial charge on any atom is -0.494 e. The van der Waals surface area contributed by atoms with Crippen molar-refractivity contribution in [3.8, 4) is 5.75 Å². The molecular weight excluding hydrogens is 242 g/mol. The van der Waals surface area contributed by atoms with Crippen LogP contribution in [-0.4, -0.2) is 18.7 Å². The van der Waals surface area contributed by atoms with Crippen molar-refractivity contribution in [2.45, 2.75) is 47.3 Å². The van der Waals surface area contributed by atoms with E-state index in [-0.39, 0.29) is 14.1 Å². The molecule has 0 aliphatic heterocycles. The summed E-state index contributed by atoms with van der Waals surface area (Å²) in [4.78, 5) is 11.2. The molecule has 0 radical (unpaired) electrons. The zero-order valence-electron chi connectivity index (χ0n) is 12.5. The van der Waals surface area contributed by atoms with E-state index < -0.39 is 6.09 Å². The van der Waals surface area contributed by atoms with Crippen LogP contribution in [-0.2, 0) is 11.3 Å². The van der Waals surface area contributed by atoms with Gasteiger partial charge >= 0.3 is 6.09 Å². The number of ether oxygens (including phenoxy) is 2. The Bertz CT molecular complexity index is 353. The van der Waals surface area contributed by atoms with Crippen LogP contribution in [0.4, 0.5) is 4.79 Å². The van der Waals surface area contributed by atoms with Crippen molar-refractivity contribution in [2.75, 3.05) is 6.61 Å². The molecule has 0 bridgehead atoms. The van der Waals surface area contributed by atoms with Gasteiger partial charge < -0.3 is 14.8 Å². The molecule has 1 rings (SSSR count). The standard InChI is InChI=1S/C13H19NO3.C2H6.H2/c1-4-16-12-7-5-11(6-8-12)9-17-13(15)14-10(2)3;1-2;/h5-8,10H,4,9H2,1-3H3,(H,14,15);1-2H3;1H. The van der Waals surface area contributed by atoms with Gasteiger partial charge in [-0.05, 0) is 38.5 Å². The third-order valence-electron chi connectivity index (χ3n) is 2.01. The predicted molar refractivity (Wildman–Crippen MR) is 79.5 cm³/mol. The van der Waals surface area contributed by atoms with E-state index in [1.807, 2.05) is 58.9 Å². The van der Waals surface area contributed by atoms with Crippen LogP contribution >= 0.6 is 0 Å². The zero-order valence-corrected chi connectivity index (χ0v) is 12.5. The van der Waals surface area contributed by atoms with Crippen molar-refractivity contribution < 1.29 is 15.7 Å². The molecule has 0 saturated heterocycles. The van der Waals surface area contributed by atoms with Gasteiger partial charge in [0.2, 0.25) is 0 Å². The lowest BCUT2D eigenvalue weighted by Crippen LogP contribution is -2.30. The van der Waals surface area contributed by atoms with Gasteiger partial charge in [0.25, 0.3) is 0 Å². The second-order valence-corrected chi connectivity index (χ2v) is 3.95. The summed E-state index contributed by atoms with van der Waals surface area (Å²) in [6, 6.07) is 7.58. The van der Waals surface area contributed by atoms with E-state index in [2.05, 4.69) is 5.32 Å². The average Bonchev–Trinajstić information content (AvgIpc) is 2.40. The van der Waals surface area contributed by atoms with Crippen molar-refractivity contribution in [3.63, 3.8) is 0 Å². The van der Waals surface area contributed by atoms with Crippen LogP contribution in [0.5, 0.6) is 5.75 Å². The van der Waals surface area contributed by atoms with Crippen molar-refractivity contribution in [1.82, 2.24) is 5.32 Å². The van der Waals surface area contributed by atoms with Gasteiger partial charge in [-0.25, -0.2) is 4.79 Å². The van der Waals surface area contributed by atoms with E-state index in [4.69, 9.17) is 9.47 Å². The highest BCUT2D eigenvalue weighted by atomic mass is 16.5. The second-order valence-electron chi connectivity index (χ2n) is 3.95. The summed E-state index contributed by atoms with van der Waals surface area (Å²) in [6.07, 6.45) is -0.395. The summed E-state index contributed by atoms with van der Waals surface area (Å²) >= 11 is 0. The van der Waals surface area contributed by atoms with Crippen molar-refractivity contribution in [2.24, 2.45) is 0 Å². The average molecular weight is 269 g/mol. The van der Waals surface area contributed by atoms with Crippen LogP contribution in [0.3, 0.4) is 0 Å². The summed E-state index contributed by atoms with van der Waals surface area (Å²) in [5.41, 5.74) is 0.937. The number of hydrogen-bond acceptors (Lipinski definition) is 3. The minimum atomic E-state index is -0.395. The molecule has 0 fully saturated rings. The van der Waals surface area contributed by atoms with E-state index in [1.165, 1.54) is 0 Å². The number of benzene rings is 1. The molecule has 1 amide bonds. The number of carbonyl (C=O) groups is 1. The molecule has 0 aliphatic carbocycles. The van der Waals surface area contributed by atoms with Gasteiger partial charge in [0.05, 0.1) is 6.61 Å². The van der Waals surface area contributed by atoms with E-state index >= 15 is 0 Å². The summed E-state index contributed by atoms with van der Waals surface area (Å²) in [7, 11) is 0. The molecule has 110 valence electrons. The molecule has 1 N–H and O–H groups in total. The zero-order chi connectivity index (χ0) is 14.7. The molecule has 4 nitrogen and oxygen atoms in total. The maximum atomic E-state index is 11.2. The first-order valence-corrected chi connectivity index (χ1v) is 6.77. The van der Waals surface area contributed by atoms with Gasteiger partial charge in [-0.3, -0.25) is 0 Å². The molecule has 0 aromatic heterocycles. The van der Waals surface area contributed by atoms with Crippen LogP contribution in [0, 0.1) is 0 Å². The summed E-state index contributed by atoms with van der Waals surface area (Å²) < 4.78 is 10.4. The van der Waals surface area contributed by atoms with Crippen LogP contribution in [0.2, 0.25) is 0 Å².